The first kappa shape index (κ1) is 15.3. The van der Waals surface area contributed by atoms with Crippen LogP contribution in [0.2, 0.25) is 0 Å². The Morgan fingerprint density at radius 2 is 1.67 bits per heavy atom. The minimum atomic E-state index is -1.19. The number of nitrogens with one attached hydrogen (secondary N) is 2. The number of carbonyl (C=O) groups is 1. The van der Waals surface area contributed by atoms with Crippen LogP contribution >= 0.6 is 0 Å². The second-order valence-electron chi connectivity index (χ2n) is 5.11. The summed E-state index contributed by atoms with van der Waals surface area (Å²) in [6.45, 7) is 0. The molecule has 6 N–H and O–H groups in total. The molecular formula is C17H14N2O5. The molecule has 2 heterocycles. The summed E-state index contributed by atoms with van der Waals surface area (Å²) in [6.07, 6.45) is 1.95. The first-order chi connectivity index (χ1) is 11.5. The zero-order valence-electron chi connectivity index (χ0n) is 12.3. The summed E-state index contributed by atoms with van der Waals surface area (Å²) in [6, 6.07) is 12.7. The molecule has 7 heteroatoms. The van der Waals surface area contributed by atoms with Crippen molar-refractivity contribution in [3.63, 3.8) is 0 Å². The molecule has 0 spiro atoms. The van der Waals surface area contributed by atoms with Crippen molar-refractivity contribution in [3.8, 4) is 17.2 Å². The fraction of sp³-hybridized carbons (Fsp3) is 0. The van der Waals surface area contributed by atoms with Gasteiger partial charge in [0.25, 0.3) is 0 Å². The van der Waals surface area contributed by atoms with Gasteiger partial charge in [-0.05, 0) is 29.7 Å². The van der Waals surface area contributed by atoms with E-state index in [0.29, 0.717) is 5.39 Å². The van der Waals surface area contributed by atoms with E-state index in [1.165, 1.54) is 17.0 Å². The maximum absolute atomic E-state index is 10.6. The van der Waals surface area contributed by atoms with E-state index in [1.54, 1.807) is 0 Å². The minimum absolute atomic E-state index is 0.0719. The van der Waals surface area contributed by atoms with Crippen molar-refractivity contribution in [3.05, 3.63) is 54.4 Å². The fourth-order valence-electron chi connectivity index (χ4n) is 2.35. The Balaban J connectivity index is 0.000000159. The second kappa shape index (κ2) is 5.88. The van der Waals surface area contributed by atoms with Gasteiger partial charge < -0.3 is 30.4 Å². The van der Waals surface area contributed by atoms with E-state index in [-0.39, 0.29) is 11.2 Å². The third-order valence-corrected chi connectivity index (χ3v) is 3.54. The fourth-order valence-corrected chi connectivity index (χ4v) is 2.35. The molecule has 0 unspecified atom stereocenters. The van der Waals surface area contributed by atoms with Gasteiger partial charge in [-0.2, -0.15) is 0 Å². The Labute approximate surface area is 135 Å². The van der Waals surface area contributed by atoms with Gasteiger partial charge in [0.15, 0.2) is 11.5 Å². The number of benzene rings is 2. The zero-order chi connectivity index (χ0) is 17.3. The van der Waals surface area contributed by atoms with Crippen LogP contribution in [0.4, 0.5) is 0 Å². The van der Waals surface area contributed by atoms with E-state index in [2.05, 4.69) is 28.2 Å². The van der Waals surface area contributed by atoms with Crippen LogP contribution in [0.25, 0.3) is 21.8 Å². The van der Waals surface area contributed by atoms with Crippen molar-refractivity contribution in [1.82, 2.24) is 9.97 Å². The van der Waals surface area contributed by atoms with E-state index >= 15 is 0 Å². The van der Waals surface area contributed by atoms with Gasteiger partial charge in [0.05, 0.1) is 5.52 Å². The monoisotopic (exact) mass is 326 g/mol. The van der Waals surface area contributed by atoms with Gasteiger partial charge in [-0.15, -0.1) is 0 Å². The maximum atomic E-state index is 10.6. The topological polar surface area (TPSA) is 130 Å². The Bertz CT molecular complexity index is 1000. The van der Waals surface area contributed by atoms with Crippen molar-refractivity contribution < 1.29 is 25.2 Å². The average Bonchev–Trinajstić information content (AvgIpc) is 3.20. The van der Waals surface area contributed by atoms with E-state index < -0.39 is 23.2 Å². The Kier molecular flexibility index (Phi) is 3.75. The number of aromatic carboxylic acids is 1. The van der Waals surface area contributed by atoms with Gasteiger partial charge >= 0.3 is 5.97 Å². The molecule has 122 valence electrons. The number of fused-ring (bicyclic) bond motifs is 2. The van der Waals surface area contributed by atoms with Crippen LogP contribution < -0.4 is 0 Å². The lowest BCUT2D eigenvalue weighted by atomic mass is 10.2. The third-order valence-electron chi connectivity index (χ3n) is 3.54. The first-order valence-corrected chi connectivity index (χ1v) is 6.99. The molecule has 0 radical (unpaired) electrons. The number of carboxylic acids is 1. The van der Waals surface area contributed by atoms with Gasteiger partial charge in [-0.25, -0.2) is 4.79 Å². The number of aromatic nitrogens is 2. The Hall–Kier alpha value is -3.61. The predicted octanol–water partition coefficient (Wildman–Crippen LogP) is 3.15. The highest BCUT2D eigenvalue weighted by Crippen LogP contribution is 2.40. The van der Waals surface area contributed by atoms with Gasteiger partial charge in [0, 0.05) is 17.1 Å². The number of phenols is 3. The largest absolute Gasteiger partial charge is 0.504 e. The Morgan fingerprint density at radius 3 is 2.38 bits per heavy atom. The van der Waals surface area contributed by atoms with Crippen molar-refractivity contribution in [2.75, 3.05) is 0 Å². The van der Waals surface area contributed by atoms with E-state index in [1.807, 2.05) is 18.3 Å². The number of phenolic OH excluding ortho intramolecular Hbond substituents is 3. The third kappa shape index (κ3) is 2.70. The number of carboxylic acid groups (broad SMARTS) is 1. The van der Waals surface area contributed by atoms with Gasteiger partial charge in [-0.1, -0.05) is 18.2 Å². The van der Waals surface area contributed by atoms with Crippen LogP contribution in [-0.4, -0.2) is 36.4 Å². The molecule has 2 aromatic carbocycles. The summed E-state index contributed by atoms with van der Waals surface area (Å²) < 4.78 is 0. The molecule has 4 rings (SSSR count). The number of aromatic hydroxyl groups is 3. The molecule has 24 heavy (non-hydrogen) atoms. The van der Waals surface area contributed by atoms with Crippen LogP contribution in [0.1, 0.15) is 10.5 Å². The molecule has 0 atom stereocenters. The smallest absolute Gasteiger partial charge is 0.352 e. The van der Waals surface area contributed by atoms with Crippen LogP contribution in [0.15, 0.2) is 48.7 Å². The molecule has 0 aliphatic heterocycles. The highest BCUT2D eigenvalue weighted by molar-refractivity contribution is 5.97. The van der Waals surface area contributed by atoms with Crippen LogP contribution in [0, 0.1) is 0 Å². The minimum Gasteiger partial charge on any atom is -0.504 e. The predicted molar refractivity (Wildman–Crippen MR) is 88.6 cm³/mol. The van der Waals surface area contributed by atoms with Crippen LogP contribution in [0.3, 0.4) is 0 Å². The van der Waals surface area contributed by atoms with Crippen molar-refractivity contribution in [1.29, 1.82) is 0 Å². The van der Waals surface area contributed by atoms with Crippen molar-refractivity contribution >= 4 is 27.8 Å². The van der Waals surface area contributed by atoms with E-state index in [0.717, 1.165) is 6.07 Å². The molecule has 0 saturated heterocycles. The average molecular weight is 326 g/mol. The lowest BCUT2D eigenvalue weighted by Crippen LogP contribution is -1.94. The van der Waals surface area contributed by atoms with Gasteiger partial charge in [0.2, 0.25) is 5.75 Å². The quantitative estimate of drug-likeness (QED) is 0.299. The van der Waals surface area contributed by atoms with Crippen molar-refractivity contribution in [2.24, 2.45) is 0 Å². The SMILES string of the molecule is O=C(O)c1cc2cc(O)c(O)c(O)c2[nH]1.c1ccc2[nH]ccc2c1. The number of rotatable bonds is 1. The highest BCUT2D eigenvalue weighted by atomic mass is 16.4. The van der Waals surface area contributed by atoms with Gasteiger partial charge in [-0.3, -0.25) is 0 Å². The molecule has 7 nitrogen and oxygen atoms in total. The number of aromatic amines is 2. The first-order valence-electron chi connectivity index (χ1n) is 6.99. The normalized spacial score (nSPS) is 10.5. The lowest BCUT2D eigenvalue weighted by molar-refractivity contribution is 0.0691. The molecule has 0 aliphatic rings. The summed E-state index contributed by atoms with van der Waals surface area (Å²) in [5.41, 5.74) is 1.14. The number of hydrogen-bond donors (Lipinski definition) is 6. The number of hydrogen-bond acceptors (Lipinski definition) is 4. The van der Waals surface area contributed by atoms with Crippen molar-refractivity contribution in [2.45, 2.75) is 0 Å². The van der Waals surface area contributed by atoms with E-state index in [4.69, 9.17) is 5.11 Å². The molecule has 0 saturated carbocycles. The van der Waals surface area contributed by atoms with Crippen LogP contribution in [-0.2, 0) is 0 Å². The second-order valence-corrected chi connectivity index (χ2v) is 5.11. The molecule has 0 amide bonds. The number of para-hydroxylation sites is 1. The van der Waals surface area contributed by atoms with Crippen LogP contribution in [0.5, 0.6) is 17.2 Å². The highest BCUT2D eigenvalue weighted by Gasteiger charge is 2.15. The summed E-state index contributed by atoms with van der Waals surface area (Å²) in [5.74, 6) is -2.95. The molecule has 0 aliphatic carbocycles. The summed E-state index contributed by atoms with van der Waals surface area (Å²) in [4.78, 5) is 16.1. The Morgan fingerprint density at radius 1 is 0.917 bits per heavy atom. The lowest BCUT2D eigenvalue weighted by Gasteiger charge is -2.00. The van der Waals surface area contributed by atoms with Gasteiger partial charge in [0.1, 0.15) is 5.69 Å². The molecule has 2 aromatic heterocycles. The zero-order valence-corrected chi connectivity index (χ0v) is 12.3. The summed E-state index contributed by atoms with van der Waals surface area (Å²) in [7, 11) is 0. The summed E-state index contributed by atoms with van der Waals surface area (Å²) in [5, 5.41) is 38.0. The molecule has 0 bridgehead atoms. The molecule has 0 fully saturated rings. The van der Waals surface area contributed by atoms with E-state index in [9.17, 15) is 20.1 Å². The standard InChI is InChI=1S/C9H7NO5.C8H7N/c11-5-2-3-1-4(9(14)15)10-6(3)8(13)7(5)12;1-2-4-8-7(3-1)5-6-9-8/h1-2,10-13H,(H,14,15);1-6,9H. The summed E-state index contributed by atoms with van der Waals surface area (Å²) >= 11 is 0. The molecular weight excluding hydrogens is 312 g/mol. The molecule has 4 aromatic rings. The number of H-pyrrole nitrogens is 2. The maximum Gasteiger partial charge on any atom is 0.352 e.